The molecule has 4 rings (SSSR count). The number of hydrogen-bond donors (Lipinski definition) is 2. The summed E-state index contributed by atoms with van der Waals surface area (Å²) in [6.45, 7) is 4.64. The molecule has 1 amide bonds. The molecule has 0 aliphatic rings. The van der Waals surface area contributed by atoms with Gasteiger partial charge in [-0.3, -0.25) is 9.48 Å². The van der Waals surface area contributed by atoms with Gasteiger partial charge in [0.2, 0.25) is 11.6 Å². The van der Waals surface area contributed by atoms with Gasteiger partial charge in [0.1, 0.15) is 17.0 Å². The Kier molecular flexibility index (Phi) is 6.44. The first-order chi connectivity index (χ1) is 16.2. The van der Waals surface area contributed by atoms with Crippen molar-refractivity contribution >= 4 is 28.6 Å². The highest BCUT2D eigenvalue weighted by atomic mass is 19.4. The molecule has 8 nitrogen and oxygen atoms in total. The molecule has 0 saturated carbocycles. The van der Waals surface area contributed by atoms with Crippen LogP contribution in [0.1, 0.15) is 36.8 Å². The molecule has 3 heterocycles. The second-order valence-electron chi connectivity index (χ2n) is 7.68. The Bertz CT molecular complexity index is 1320. The van der Waals surface area contributed by atoms with Crippen LogP contribution in [0.4, 0.5) is 24.7 Å². The first-order valence-corrected chi connectivity index (χ1v) is 10.6. The van der Waals surface area contributed by atoms with E-state index in [1.54, 1.807) is 29.1 Å². The number of benzene rings is 1. The van der Waals surface area contributed by atoms with E-state index >= 15 is 0 Å². The summed E-state index contributed by atoms with van der Waals surface area (Å²) in [7, 11) is 0. The topological polar surface area (TPSA) is 97.6 Å². The predicted octanol–water partition coefficient (Wildman–Crippen LogP) is 4.61. The van der Waals surface area contributed by atoms with E-state index in [-0.39, 0.29) is 18.2 Å². The van der Waals surface area contributed by atoms with Crippen LogP contribution in [-0.2, 0) is 23.9 Å². The van der Waals surface area contributed by atoms with Gasteiger partial charge in [0.25, 0.3) is 0 Å². The predicted molar refractivity (Wildman–Crippen MR) is 121 cm³/mol. The van der Waals surface area contributed by atoms with E-state index in [0.717, 1.165) is 18.2 Å². The van der Waals surface area contributed by atoms with Crippen LogP contribution < -0.4 is 10.6 Å². The quantitative estimate of drug-likeness (QED) is 0.410. The van der Waals surface area contributed by atoms with Crippen LogP contribution in [0, 0.1) is 0 Å². The molecule has 0 aliphatic heterocycles. The van der Waals surface area contributed by atoms with Gasteiger partial charge in [-0.2, -0.15) is 18.3 Å². The van der Waals surface area contributed by atoms with Crippen LogP contribution in [0.5, 0.6) is 0 Å². The number of pyridine rings is 1. The van der Waals surface area contributed by atoms with Crippen molar-refractivity contribution in [3.05, 3.63) is 71.8 Å². The molecule has 0 radical (unpaired) electrons. The van der Waals surface area contributed by atoms with Crippen molar-refractivity contribution in [3.8, 4) is 0 Å². The minimum atomic E-state index is -4.56. The van der Waals surface area contributed by atoms with E-state index in [4.69, 9.17) is 0 Å². The number of carbonyl (C=O) groups excluding carboxylic acids is 1. The Morgan fingerprint density at radius 1 is 1.15 bits per heavy atom. The van der Waals surface area contributed by atoms with Gasteiger partial charge in [0, 0.05) is 12.2 Å². The van der Waals surface area contributed by atoms with Crippen molar-refractivity contribution in [1.82, 2.24) is 24.7 Å². The Hall–Kier alpha value is -4.02. The Morgan fingerprint density at radius 3 is 2.71 bits per heavy atom. The van der Waals surface area contributed by atoms with Gasteiger partial charge in [-0.25, -0.2) is 15.0 Å². The third kappa shape index (κ3) is 5.48. The molecule has 3 aromatic heterocycles. The van der Waals surface area contributed by atoms with Crippen LogP contribution in [0.2, 0.25) is 0 Å². The normalized spacial score (nSPS) is 12.5. The Labute approximate surface area is 193 Å². The zero-order chi connectivity index (χ0) is 24.3. The highest BCUT2D eigenvalue weighted by Gasteiger charge is 2.32. The smallest absolute Gasteiger partial charge is 0.362 e. The summed E-state index contributed by atoms with van der Waals surface area (Å²) in [5.74, 6) is 0.0961. The number of rotatable bonds is 7. The maximum absolute atomic E-state index is 12.8. The van der Waals surface area contributed by atoms with Crippen LogP contribution in [0.3, 0.4) is 0 Å². The molecule has 34 heavy (non-hydrogen) atoms. The van der Waals surface area contributed by atoms with Gasteiger partial charge >= 0.3 is 6.18 Å². The SMILES string of the molecule is CCn1cc2ncc(N[C@@H](C)c3cccc(NC(=O)Cc4cccc(C(F)(F)F)n4)c3)nc2n1. The number of nitrogens with zero attached hydrogens (tertiary/aromatic N) is 5. The van der Waals surface area contributed by atoms with Crippen molar-refractivity contribution in [2.45, 2.75) is 39.0 Å². The lowest BCUT2D eigenvalue weighted by atomic mass is 10.1. The van der Waals surface area contributed by atoms with Gasteiger partial charge in [-0.15, -0.1) is 0 Å². The third-order valence-corrected chi connectivity index (χ3v) is 5.07. The molecule has 0 saturated heterocycles. The van der Waals surface area contributed by atoms with E-state index in [1.165, 1.54) is 12.1 Å². The van der Waals surface area contributed by atoms with Gasteiger partial charge in [0.15, 0.2) is 0 Å². The van der Waals surface area contributed by atoms with Gasteiger partial charge in [-0.05, 0) is 43.7 Å². The summed E-state index contributed by atoms with van der Waals surface area (Å²) in [6, 6.07) is 10.5. The Morgan fingerprint density at radius 2 is 1.94 bits per heavy atom. The standard InChI is InChI=1S/C23H22F3N7O/c1-3-33-13-18-22(32-33)31-20(12-27-18)28-14(2)15-6-4-7-16(10-15)30-21(34)11-17-8-5-9-19(29-17)23(24,25)26/h4-10,12-14H,3,11H2,1-2H3,(H,30,34)(H,28,31,32)/t14-/m0/s1. The van der Waals surface area contributed by atoms with Crippen LogP contribution in [0.25, 0.3) is 11.2 Å². The molecule has 4 aromatic rings. The summed E-state index contributed by atoms with van der Waals surface area (Å²) < 4.78 is 40.3. The fraction of sp³-hybridized carbons (Fsp3) is 0.261. The number of fused-ring (bicyclic) bond motifs is 1. The molecule has 176 valence electrons. The lowest BCUT2D eigenvalue weighted by Crippen LogP contribution is -2.17. The second-order valence-corrected chi connectivity index (χ2v) is 7.68. The highest BCUT2D eigenvalue weighted by Crippen LogP contribution is 2.27. The third-order valence-electron chi connectivity index (χ3n) is 5.07. The summed E-state index contributed by atoms with van der Waals surface area (Å²) in [5.41, 5.74) is 1.66. The van der Waals surface area contributed by atoms with Gasteiger partial charge in [0.05, 0.1) is 30.6 Å². The monoisotopic (exact) mass is 469 g/mol. The summed E-state index contributed by atoms with van der Waals surface area (Å²) in [6.07, 6.45) is -1.37. The first kappa shape index (κ1) is 23.1. The van der Waals surface area contributed by atoms with E-state index in [9.17, 15) is 18.0 Å². The lowest BCUT2D eigenvalue weighted by molar-refractivity contribution is -0.141. The van der Waals surface area contributed by atoms with E-state index < -0.39 is 17.8 Å². The average Bonchev–Trinajstić information content (AvgIpc) is 3.21. The van der Waals surface area contributed by atoms with Crippen molar-refractivity contribution in [1.29, 1.82) is 0 Å². The van der Waals surface area contributed by atoms with Crippen molar-refractivity contribution < 1.29 is 18.0 Å². The molecule has 1 aromatic carbocycles. The maximum Gasteiger partial charge on any atom is 0.433 e. The molecule has 0 bridgehead atoms. The lowest BCUT2D eigenvalue weighted by Gasteiger charge is -2.16. The van der Waals surface area contributed by atoms with Crippen molar-refractivity contribution in [2.24, 2.45) is 0 Å². The van der Waals surface area contributed by atoms with Crippen molar-refractivity contribution in [2.75, 3.05) is 10.6 Å². The minimum absolute atomic E-state index is 0.0398. The van der Waals surface area contributed by atoms with Crippen LogP contribution in [0.15, 0.2) is 54.9 Å². The number of carbonyl (C=O) groups is 1. The number of aromatic nitrogens is 5. The zero-order valence-corrected chi connectivity index (χ0v) is 18.5. The van der Waals surface area contributed by atoms with E-state index in [0.29, 0.717) is 22.7 Å². The Balaban J connectivity index is 1.41. The average molecular weight is 469 g/mol. The molecular weight excluding hydrogens is 447 g/mol. The summed E-state index contributed by atoms with van der Waals surface area (Å²) in [4.78, 5) is 24.8. The number of amides is 1. The molecule has 0 unspecified atom stereocenters. The largest absolute Gasteiger partial charge is 0.433 e. The highest BCUT2D eigenvalue weighted by molar-refractivity contribution is 5.92. The fourth-order valence-corrected chi connectivity index (χ4v) is 3.37. The van der Waals surface area contributed by atoms with E-state index in [2.05, 4.69) is 30.7 Å². The van der Waals surface area contributed by atoms with Gasteiger partial charge in [-0.1, -0.05) is 18.2 Å². The van der Waals surface area contributed by atoms with Crippen LogP contribution in [-0.4, -0.2) is 30.6 Å². The van der Waals surface area contributed by atoms with Crippen LogP contribution >= 0.6 is 0 Å². The van der Waals surface area contributed by atoms with E-state index in [1.807, 2.05) is 26.1 Å². The second kappa shape index (κ2) is 9.46. The number of anilines is 2. The molecule has 0 fully saturated rings. The number of halogens is 3. The number of aryl methyl sites for hydroxylation is 1. The molecule has 2 N–H and O–H groups in total. The number of nitrogens with one attached hydrogen (secondary N) is 2. The molecule has 1 atom stereocenters. The molecular formula is C23H22F3N7O. The zero-order valence-electron chi connectivity index (χ0n) is 18.5. The summed E-state index contributed by atoms with van der Waals surface area (Å²) in [5, 5.41) is 10.3. The van der Waals surface area contributed by atoms with Gasteiger partial charge < -0.3 is 10.6 Å². The molecule has 0 spiro atoms. The fourth-order valence-electron chi connectivity index (χ4n) is 3.37. The minimum Gasteiger partial charge on any atom is -0.362 e. The molecule has 0 aliphatic carbocycles. The number of alkyl halides is 3. The number of hydrogen-bond acceptors (Lipinski definition) is 6. The first-order valence-electron chi connectivity index (χ1n) is 10.6. The summed E-state index contributed by atoms with van der Waals surface area (Å²) >= 11 is 0. The van der Waals surface area contributed by atoms with Crippen molar-refractivity contribution in [3.63, 3.8) is 0 Å². The maximum atomic E-state index is 12.8. The molecule has 11 heteroatoms.